The molecule has 0 saturated heterocycles. The molecule has 5 rings (SSSR count). The van der Waals surface area contributed by atoms with Gasteiger partial charge < -0.3 is 15.4 Å². The molecule has 1 amide bonds. The molecule has 0 bridgehead atoms. The average molecular weight is 515 g/mol. The first-order chi connectivity index (χ1) is 18.4. The molecule has 2 unspecified atom stereocenters. The topological polar surface area (TPSA) is 67.4 Å². The van der Waals surface area contributed by atoms with Crippen molar-refractivity contribution in [3.05, 3.63) is 118 Å². The summed E-state index contributed by atoms with van der Waals surface area (Å²) in [6.07, 6.45) is 0.904. The van der Waals surface area contributed by atoms with Crippen LogP contribution in [0.15, 0.2) is 95.3 Å². The van der Waals surface area contributed by atoms with Crippen molar-refractivity contribution in [1.29, 1.82) is 0 Å². The van der Waals surface area contributed by atoms with Gasteiger partial charge in [0.25, 0.3) is 5.91 Å². The minimum Gasteiger partial charge on any atom is -0.494 e. The maximum atomic E-state index is 14.4. The number of anilines is 1. The molecule has 0 spiro atoms. The number of Topliss-reactive ketones (excluding diaryl/α,β-unsaturated/α-hetero) is 1. The number of rotatable bonds is 6. The minimum absolute atomic E-state index is 0.00613. The zero-order chi connectivity index (χ0) is 26.8. The third-order valence-electron chi connectivity index (χ3n) is 7.07. The fourth-order valence-corrected chi connectivity index (χ4v) is 5.36. The Bertz CT molecular complexity index is 1430. The van der Waals surface area contributed by atoms with Crippen LogP contribution < -0.4 is 15.4 Å². The highest BCUT2D eigenvalue weighted by molar-refractivity contribution is 6.10. The molecule has 0 saturated carbocycles. The van der Waals surface area contributed by atoms with Crippen LogP contribution in [-0.4, -0.2) is 18.3 Å². The van der Waals surface area contributed by atoms with E-state index in [2.05, 4.69) is 10.6 Å². The Hall–Kier alpha value is -4.26. The summed E-state index contributed by atoms with van der Waals surface area (Å²) < 4.78 is 34.3. The van der Waals surface area contributed by atoms with Crippen molar-refractivity contribution < 1.29 is 23.1 Å². The molecule has 2 N–H and O–H groups in total. The number of ketones is 1. The van der Waals surface area contributed by atoms with Gasteiger partial charge in [-0.3, -0.25) is 9.59 Å². The van der Waals surface area contributed by atoms with Crippen LogP contribution in [0.4, 0.5) is 14.5 Å². The molecule has 0 fully saturated rings. The van der Waals surface area contributed by atoms with Crippen molar-refractivity contribution in [1.82, 2.24) is 5.32 Å². The molecule has 38 heavy (non-hydrogen) atoms. The van der Waals surface area contributed by atoms with Crippen molar-refractivity contribution >= 4 is 17.4 Å². The largest absolute Gasteiger partial charge is 0.494 e. The number of nitrogens with one attached hydrogen (secondary N) is 2. The summed E-state index contributed by atoms with van der Waals surface area (Å²) in [5.74, 6) is -2.54. The van der Waals surface area contributed by atoms with E-state index in [1.165, 1.54) is 6.07 Å². The van der Waals surface area contributed by atoms with Gasteiger partial charge in [0.2, 0.25) is 0 Å². The maximum absolute atomic E-state index is 14.4. The molecular formula is C31H28F2N2O3. The summed E-state index contributed by atoms with van der Waals surface area (Å²) in [7, 11) is 0. The lowest BCUT2D eigenvalue weighted by atomic mass is 9.71. The zero-order valence-electron chi connectivity index (χ0n) is 21.2. The second-order valence-electron chi connectivity index (χ2n) is 9.48. The highest BCUT2D eigenvalue weighted by Crippen LogP contribution is 2.46. The maximum Gasteiger partial charge on any atom is 0.254 e. The van der Waals surface area contributed by atoms with Gasteiger partial charge in [0, 0.05) is 34.9 Å². The number of dihydropyridines is 1. The number of carbonyl (C=O) groups excluding carboxylic acids is 2. The number of para-hydroxylation sites is 1. The smallest absolute Gasteiger partial charge is 0.254 e. The number of hydrogen-bond acceptors (Lipinski definition) is 4. The number of hydrogen-bond donors (Lipinski definition) is 2. The second-order valence-corrected chi connectivity index (χ2v) is 9.48. The van der Waals surface area contributed by atoms with Crippen molar-refractivity contribution in [3.8, 4) is 5.75 Å². The van der Waals surface area contributed by atoms with Gasteiger partial charge in [0.05, 0.1) is 6.61 Å². The van der Waals surface area contributed by atoms with E-state index in [1.807, 2.05) is 49.4 Å². The first-order valence-corrected chi connectivity index (χ1v) is 12.6. The predicted molar refractivity (Wildman–Crippen MR) is 142 cm³/mol. The standard InChI is InChI=1S/C31H28F2N2O3/c1-3-38-22-14-12-20(13-15-22)28-27(31(37)35-30-23(32)10-7-11-24(30)33)18(2)34-25-16-21(17-26(36)29(25)28)19-8-5-4-6-9-19/h4-15,21,28,34H,3,16-17H2,1-2H3,(H,35,37). The van der Waals surface area contributed by atoms with Crippen molar-refractivity contribution in [2.75, 3.05) is 11.9 Å². The molecule has 2 aliphatic rings. The van der Waals surface area contributed by atoms with Crippen molar-refractivity contribution in [2.45, 2.75) is 38.5 Å². The third kappa shape index (κ3) is 4.84. The van der Waals surface area contributed by atoms with E-state index < -0.39 is 29.1 Å². The van der Waals surface area contributed by atoms with Crippen molar-refractivity contribution in [3.63, 3.8) is 0 Å². The van der Waals surface area contributed by atoms with E-state index in [1.54, 1.807) is 19.1 Å². The monoisotopic (exact) mass is 514 g/mol. The Morgan fingerprint density at radius 1 is 0.947 bits per heavy atom. The van der Waals surface area contributed by atoms with Gasteiger partial charge >= 0.3 is 0 Å². The fraction of sp³-hybridized carbons (Fsp3) is 0.226. The Kier molecular flexibility index (Phi) is 7.09. The second kappa shape index (κ2) is 10.6. The van der Waals surface area contributed by atoms with Crippen molar-refractivity contribution in [2.24, 2.45) is 0 Å². The van der Waals surface area contributed by atoms with Gasteiger partial charge in [-0.15, -0.1) is 0 Å². The van der Waals surface area contributed by atoms with Crippen LogP contribution in [0.1, 0.15) is 49.7 Å². The zero-order valence-corrected chi connectivity index (χ0v) is 21.2. The summed E-state index contributed by atoms with van der Waals surface area (Å²) in [4.78, 5) is 27.3. The van der Waals surface area contributed by atoms with E-state index in [4.69, 9.17) is 4.74 Å². The van der Waals surface area contributed by atoms with Gasteiger partial charge in [-0.1, -0.05) is 48.5 Å². The van der Waals surface area contributed by atoms with Gasteiger partial charge in [-0.25, -0.2) is 8.78 Å². The summed E-state index contributed by atoms with van der Waals surface area (Å²) in [6.45, 7) is 4.13. The van der Waals surface area contributed by atoms with Crippen LogP contribution in [0.2, 0.25) is 0 Å². The Labute approximate surface area is 220 Å². The molecule has 7 heteroatoms. The highest BCUT2D eigenvalue weighted by Gasteiger charge is 2.41. The van der Waals surface area contributed by atoms with Crippen LogP contribution in [-0.2, 0) is 9.59 Å². The molecule has 0 radical (unpaired) electrons. The lowest BCUT2D eigenvalue weighted by Crippen LogP contribution is -2.37. The Morgan fingerprint density at radius 3 is 2.29 bits per heavy atom. The van der Waals surface area contributed by atoms with Crippen LogP contribution in [0, 0.1) is 11.6 Å². The summed E-state index contributed by atoms with van der Waals surface area (Å²) in [6, 6.07) is 20.5. The predicted octanol–water partition coefficient (Wildman–Crippen LogP) is 6.36. The quantitative estimate of drug-likeness (QED) is 0.402. The summed E-state index contributed by atoms with van der Waals surface area (Å²) >= 11 is 0. The summed E-state index contributed by atoms with van der Waals surface area (Å²) in [5.41, 5.74) is 3.30. The molecule has 3 aromatic carbocycles. The van der Waals surface area contributed by atoms with Gasteiger partial charge in [0.15, 0.2) is 5.78 Å². The molecule has 1 aliphatic carbocycles. The van der Waals surface area contributed by atoms with E-state index in [0.29, 0.717) is 42.0 Å². The first kappa shape index (κ1) is 25.4. The molecule has 1 heterocycles. The van der Waals surface area contributed by atoms with E-state index in [0.717, 1.165) is 23.4 Å². The number of ether oxygens (including phenoxy) is 1. The van der Waals surface area contributed by atoms with E-state index in [-0.39, 0.29) is 17.3 Å². The van der Waals surface area contributed by atoms with E-state index >= 15 is 0 Å². The van der Waals surface area contributed by atoms with Gasteiger partial charge in [-0.2, -0.15) is 0 Å². The lowest BCUT2D eigenvalue weighted by molar-refractivity contribution is -0.116. The normalized spacial score (nSPS) is 19.1. The van der Waals surface area contributed by atoms with Gasteiger partial charge in [0.1, 0.15) is 23.1 Å². The minimum atomic E-state index is -0.877. The summed E-state index contributed by atoms with van der Waals surface area (Å²) in [5, 5.41) is 5.70. The molecule has 1 aliphatic heterocycles. The number of carbonyl (C=O) groups is 2. The Morgan fingerprint density at radius 2 is 1.63 bits per heavy atom. The SMILES string of the molecule is CCOc1ccc(C2C(C(=O)Nc3c(F)cccc3F)=C(C)NC3=C2C(=O)CC(c2ccccc2)C3)cc1. The number of allylic oxidation sites excluding steroid dienone is 3. The highest BCUT2D eigenvalue weighted by atomic mass is 19.1. The van der Waals surface area contributed by atoms with Crippen LogP contribution in [0.5, 0.6) is 5.75 Å². The molecular weight excluding hydrogens is 486 g/mol. The van der Waals surface area contributed by atoms with E-state index in [9.17, 15) is 18.4 Å². The molecule has 5 nitrogen and oxygen atoms in total. The molecule has 194 valence electrons. The van der Waals surface area contributed by atoms with Crippen LogP contribution in [0.3, 0.4) is 0 Å². The Balaban J connectivity index is 1.57. The van der Waals surface area contributed by atoms with Gasteiger partial charge in [-0.05, 0) is 61.6 Å². The lowest BCUT2D eigenvalue weighted by Gasteiger charge is -2.37. The fourth-order valence-electron chi connectivity index (χ4n) is 5.36. The average Bonchev–Trinajstić information content (AvgIpc) is 2.91. The number of amides is 1. The third-order valence-corrected chi connectivity index (χ3v) is 7.07. The van der Waals surface area contributed by atoms with Crippen LogP contribution in [0.25, 0.3) is 0 Å². The van der Waals surface area contributed by atoms with Crippen LogP contribution >= 0.6 is 0 Å². The number of benzene rings is 3. The number of halogens is 2. The molecule has 2 atom stereocenters. The first-order valence-electron chi connectivity index (χ1n) is 12.6. The molecule has 0 aromatic heterocycles. The molecule has 3 aromatic rings.